The summed E-state index contributed by atoms with van der Waals surface area (Å²) in [5.41, 5.74) is 0. The molecule has 3 aliphatic rings. The van der Waals surface area contributed by atoms with E-state index >= 15 is 0 Å². The van der Waals surface area contributed by atoms with Gasteiger partial charge >= 0.3 is 6.03 Å². The Kier molecular flexibility index (Phi) is 4.11. The highest BCUT2D eigenvalue weighted by atomic mass is 127. The smallest absolute Gasteiger partial charge is 0.326 e. The van der Waals surface area contributed by atoms with E-state index in [9.17, 15) is 9.59 Å². The molecular weight excluding hydrogens is 414 g/mol. The molecule has 5 atom stereocenters. The molecule has 0 spiro atoms. The Morgan fingerprint density at radius 2 is 2.05 bits per heavy atom. The predicted octanol–water partition coefficient (Wildman–Crippen LogP) is 0.826. The van der Waals surface area contributed by atoms with E-state index < -0.39 is 29.3 Å². The molecule has 21 heavy (non-hydrogen) atoms. The largest absolute Gasteiger partial charge is 0.348 e. The molecule has 3 fully saturated rings. The first-order valence-corrected chi connectivity index (χ1v) is 8.61. The number of alkyl halides is 2. The minimum Gasteiger partial charge on any atom is -0.348 e. The highest BCUT2D eigenvalue weighted by Gasteiger charge is 2.57. The van der Waals surface area contributed by atoms with Gasteiger partial charge in [0.2, 0.25) is 5.91 Å². The lowest BCUT2D eigenvalue weighted by atomic mass is 10.1. The molecule has 0 aromatic carbocycles. The number of rotatable bonds is 2. The zero-order chi connectivity index (χ0) is 15.4. The number of amides is 3. The number of hydrogen-bond donors (Lipinski definition) is 1. The number of imide groups is 1. The molecule has 3 saturated heterocycles. The summed E-state index contributed by atoms with van der Waals surface area (Å²) in [4.78, 5) is 24.9. The Bertz CT molecular complexity index is 477. The number of nitrogens with zero attached hydrogens (tertiary/aromatic N) is 1. The van der Waals surface area contributed by atoms with Crippen molar-refractivity contribution in [3.05, 3.63) is 0 Å². The van der Waals surface area contributed by atoms with E-state index in [1.807, 2.05) is 13.8 Å². The van der Waals surface area contributed by atoms with Crippen molar-refractivity contribution in [2.45, 2.75) is 49.6 Å². The van der Waals surface area contributed by atoms with Crippen LogP contribution in [-0.2, 0) is 19.0 Å². The predicted molar refractivity (Wildman–Crippen MR) is 81.3 cm³/mol. The third-order valence-electron chi connectivity index (χ3n) is 3.72. The first-order valence-electron chi connectivity index (χ1n) is 6.65. The number of hydrogen-bond acceptors (Lipinski definition) is 5. The number of ether oxygens (including phenoxy) is 3. The Morgan fingerprint density at radius 3 is 2.71 bits per heavy atom. The van der Waals surface area contributed by atoms with Gasteiger partial charge < -0.3 is 14.2 Å². The molecule has 0 aromatic heterocycles. The van der Waals surface area contributed by atoms with Crippen LogP contribution in [0.3, 0.4) is 0 Å². The average molecular weight is 431 g/mol. The molecular formula is C12H16ClIN2O5. The summed E-state index contributed by atoms with van der Waals surface area (Å²) in [7, 11) is 0. The standard InChI is InChI=1S/C12H16ClIN2O5/c1-12(2)20-7-6(3-14)19-10(8(7)21-12)16-4-5(13)9(17)15-11(16)18/h5-8,10H,3-4H2,1-2H3,(H,15,17,18). The second-order valence-corrected chi connectivity index (χ2v) is 7.11. The van der Waals surface area contributed by atoms with E-state index in [4.69, 9.17) is 25.8 Å². The van der Waals surface area contributed by atoms with Crippen LogP contribution in [0.1, 0.15) is 13.8 Å². The lowest BCUT2D eigenvalue weighted by molar-refractivity contribution is -0.198. The summed E-state index contributed by atoms with van der Waals surface area (Å²) in [5.74, 6) is -1.20. The van der Waals surface area contributed by atoms with Crippen LogP contribution in [0.25, 0.3) is 0 Å². The molecule has 0 saturated carbocycles. The fraction of sp³-hybridized carbons (Fsp3) is 0.833. The van der Waals surface area contributed by atoms with E-state index in [-0.39, 0.29) is 24.9 Å². The zero-order valence-corrected chi connectivity index (χ0v) is 14.5. The maximum atomic E-state index is 12.0. The number of fused-ring (bicyclic) bond motifs is 1. The average Bonchev–Trinajstić information content (AvgIpc) is 2.87. The Labute approximate surface area is 140 Å². The first-order chi connectivity index (χ1) is 9.82. The van der Waals surface area contributed by atoms with Crippen LogP contribution in [0.15, 0.2) is 0 Å². The Hall–Kier alpha value is -0.160. The fourth-order valence-electron chi connectivity index (χ4n) is 2.85. The van der Waals surface area contributed by atoms with Crippen LogP contribution in [-0.4, -0.2) is 63.5 Å². The van der Waals surface area contributed by atoms with Crippen LogP contribution in [0.2, 0.25) is 0 Å². The SMILES string of the molecule is CC1(C)OC2C(CI)OC(N3CC(Cl)C(=O)NC3=O)C2O1. The van der Waals surface area contributed by atoms with Crippen molar-refractivity contribution in [1.29, 1.82) is 0 Å². The normalized spacial score (nSPS) is 42.1. The number of carbonyl (C=O) groups excluding carboxylic acids is 2. The highest BCUT2D eigenvalue weighted by molar-refractivity contribution is 14.1. The number of urea groups is 1. The van der Waals surface area contributed by atoms with Crippen LogP contribution in [0.5, 0.6) is 0 Å². The second kappa shape index (κ2) is 5.48. The lowest BCUT2D eigenvalue weighted by Gasteiger charge is -2.35. The third-order valence-corrected chi connectivity index (χ3v) is 4.92. The van der Waals surface area contributed by atoms with Crippen LogP contribution in [0.4, 0.5) is 4.79 Å². The van der Waals surface area contributed by atoms with Gasteiger partial charge in [-0.3, -0.25) is 15.0 Å². The van der Waals surface area contributed by atoms with Crippen molar-refractivity contribution in [3.63, 3.8) is 0 Å². The number of halogens is 2. The summed E-state index contributed by atoms with van der Waals surface area (Å²) >= 11 is 8.15. The highest BCUT2D eigenvalue weighted by Crippen LogP contribution is 2.40. The fourth-order valence-corrected chi connectivity index (χ4v) is 3.76. The molecule has 118 valence electrons. The minimum absolute atomic E-state index is 0.0951. The molecule has 0 aliphatic carbocycles. The van der Waals surface area contributed by atoms with Crippen LogP contribution >= 0.6 is 34.2 Å². The monoisotopic (exact) mass is 430 g/mol. The topological polar surface area (TPSA) is 77.1 Å². The van der Waals surface area contributed by atoms with Crippen molar-refractivity contribution in [1.82, 2.24) is 10.2 Å². The van der Waals surface area contributed by atoms with Gasteiger partial charge in [-0.1, -0.05) is 22.6 Å². The van der Waals surface area contributed by atoms with Gasteiger partial charge in [0.25, 0.3) is 0 Å². The molecule has 0 bridgehead atoms. The summed E-state index contributed by atoms with van der Waals surface area (Å²) in [5, 5.41) is 1.43. The van der Waals surface area contributed by atoms with E-state index in [0.29, 0.717) is 4.43 Å². The maximum Gasteiger partial charge on any atom is 0.326 e. The minimum atomic E-state index is -0.793. The van der Waals surface area contributed by atoms with E-state index in [1.165, 1.54) is 4.90 Å². The van der Waals surface area contributed by atoms with Crippen molar-refractivity contribution in [2.75, 3.05) is 11.0 Å². The Morgan fingerprint density at radius 1 is 1.38 bits per heavy atom. The van der Waals surface area contributed by atoms with Gasteiger partial charge in [-0.2, -0.15) is 0 Å². The van der Waals surface area contributed by atoms with Crippen molar-refractivity contribution in [2.24, 2.45) is 0 Å². The van der Waals surface area contributed by atoms with Gasteiger partial charge in [0.1, 0.15) is 17.6 Å². The van der Waals surface area contributed by atoms with Crippen LogP contribution < -0.4 is 5.32 Å². The van der Waals surface area contributed by atoms with Gasteiger partial charge in [0, 0.05) is 4.43 Å². The summed E-state index contributed by atoms with van der Waals surface area (Å²) < 4.78 is 18.4. The summed E-state index contributed by atoms with van der Waals surface area (Å²) in [6.45, 7) is 3.76. The zero-order valence-electron chi connectivity index (χ0n) is 11.5. The summed E-state index contributed by atoms with van der Waals surface area (Å²) in [6.07, 6.45) is -1.39. The summed E-state index contributed by atoms with van der Waals surface area (Å²) in [6, 6.07) is -0.511. The number of nitrogens with one attached hydrogen (secondary N) is 1. The maximum absolute atomic E-state index is 12.0. The van der Waals surface area contributed by atoms with Crippen molar-refractivity contribution >= 4 is 46.1 Å². The van der Waals surface area contributed by atoms with Gasteiger partial charge in [-0.15, -0.1) is 11.6 Å². The van der Waals surface area contributed by atoms with E-state index in [1.54, 1.807) is 0 Å². The molecule has 0 radical (unpaired) electrons. The Balaban J connectivity index is 1.82. The molecule has 9 heteroatoms. The van der Waals surface area contributed by atoms with Gasteiger partial charge in [-0.05, 0) is 13.8 Å². The number of carbonyl (C=O) groups is 2. The first kappa shape index (κ1) is 15.7. The molecule has 3 aliphatic heterocycles. The molecule has 3 amide bonds. The van der Waals surface area contributed by atoms with Gasteiger partial charge in [0.15, 0.2) is 12.0 Å². The van der Waals surface area contributed by atoms with E-state index in [2.05, 4.69) is 27.9 Å². The molecule has 1 N–H and O–H groups in total. The quantitative estimate of drug-likeness (QED) is 0.519. The molecule has 0 aromatic rings. The van der Waals surface area contributed by atoms with Crippen molar-refractivity contribution < 1.29 is 23.8 Å². The van der Waals surface area contributed by atoms with Crippen molar-refractivity contribution in [3.8, 4) is 0 Å². The van der Waals surface area contributed by atoms with Gasteiger partial charge in [-0.25, -0.2) is 4.79 Å². The van der Waals surface area contributed by atoms with Crippen LogP contribution in [0, 0.1) is 0 Å². The lowest BCUT2D eigenvalue weighted by Crippen LogP contribution is -2.60. The molecule has 5 unspecified atom stereocenters. The second-order valence-electron chi connectivity index (χ2n) is 5.70. The molecule has 3 heterocycles. The third kappa shape index (κ3) is 2.76. The molecule has 3 rings (SSSR count). The van der Waals surface area contributed by atoms with E-state index in [0.717, 1.165) is 0 Å². The van der Waals surface area contributed by atoms with Gasteiger partial charge in [0.05, 0.1) is 12.6 Å². The molecule has 7 nitrogen and oxygen atoms in total.